The number of pyridine rings is 1. The molecule has 0 aromatic carbocycles. The summed E-state index contributed by atoms with van der Waals surface area (Å²) in [7, 11) is 0. The van der Waals surface area contributed by atoms with Gasteiger partial charge in [-0.25, -0.2) is 0 Å². The van der Waals surface area contributed by atoms with Crippen LogP contribution < -0.4 is 0 Å². The Morgan fingerprint density at radius 1 is 1.30 bits per heavy atom. The number of morpholine rings is 1. The highest BCUT2D eigenvalue weighted by Crippen LogP contribution is 2.08. The molecule has 0 unspecified atom stereocenters. The molecule has 5 nitrogen and oxygen atoms in total. The van der Waals surface area contributed by atoms with Crippen molar-refractivity contribution in [3.05, 3.63) is 29.0 Å². The van der Waals surface area contributed by atoms with Crippen molar-refractivity contribution in [2.75, 3.05) is 52.5 Å². The number of aromatic nitrogens is 1. The Balaban J connectivity index is 1.81. The standard InChI is InChI=1S/C14H22ClN3O2/c15-13-1-2-14(16-11-13)12-18(5-8-19)4-3-17-6-9-20-10-7-17/h1-2,11,19H,3-10,12H2. The normalized spacial score (nSPS) is 16.8. The van der Waals surface area contributed by atoms with Crippen molar-refractivity contribution in [3.63, 3.8) is 0 Å². The van der Waals surface area contributed by atoms with Gasteiger partial charge in [-0.1, -0.05) is 11.6 Å². The lowest BCUT2D eigenvalue weighted by Crippen LogP contribution is -2.42. The number of ether oxygens (including phenoxy) is 1. The molecule has 1 aromatic heterocycles. The van der Waals surface area contributed by atoms with Crippen LogP contribution >= 0.6 is 11.6 Å². The van der Waals surface area contributed by atoms with Crippen molar-refractivity contribution in [1.82, 2.24) is 14.8 Å². The van der Waals surface area contributed by atoms with Crippen molar-refractivity contribution < 1.29 is 9.84 Å². The molecule has 1 N–H and O–H groups in total. The molecule has 0 aliphatic carbocycles. The van der Waals surface area contributed by atoms with Crippen LogP contribution in [0, 0.1) is 0 Å². The first-order valence-corrected chi connectivity index (χ1v) is 7.39. The Morgan fingerprint density at radius 3 is 2.75 bits per heavy atom. The minimum Gasteiger partial charge on any atom is -0.395 e. The van der Waals surface area contributed by atoms with Crippen LogP contribution in [0.1, 0.15) is 5.69 Å². The van der Waals surface area contributed by atoms with Crippen LogP contribution in [0.5, 0.6) is 0 Å². The molecule has 2 heterocycles. The van der Waals surface area contributed by atoms with Gasteiger partial charge in [-0.15, -0.1) is 0 Å². The first kappa shape index (κ1) is 15.7. The van der Waals surface area contributed by atoms with E-state index in [0.29, 0.717) is 11.6 Å². The van der Waals surface area contributed by atoms with E-state index in [1.165, 1.54) is 0 Å². The summed E-state index contributed by atoms with van der Waals surface area (Å²) in [6.45, 7) is 7.10. The van der Waals surface area contributed by atoms with Gasteiger partial charge < -0.3 is 9.84 Å². The Kier molecular flexibility index (Phi) is 6.69. The molecule has 0 radical (unpaired) electrons. The average Bonchev–Trinajstić information content (AvgIpc) is 2.48. The van der Waals surface area contributed by atoms with Gasteiger partial charge >= 0.3 is 0 Å². The molecule has 0 atom stereocenters. The second kappa shape index (κ2) is 8.54. The van der Waals surface area contributed by atoms with Crippen molar-refractivity contribution >= 4 is 11.6 Å². The molecule has 1 saturated heterocycles. The summed E-state index contributed by atoms with van der Waals surface area (Å²) in [6, 6.07) is 3.78. The molecule has 0 bridgehead atoms. The summed E-state index contributed by atoms with van der Waals surface area (Å²) in [4.78, 5) is 8.91. The van der Waals surface area contributed by atoms with E-state index in [9.17, 15) is 5.11 Å². The zero-order valence-corrected chi connectivity index (χ0v) is 12.4. The third-order valence-corrected chi connectivity index (χ3v) is 3.65. The fraction of sp³-hybridized carbons (Fsp3) is 0.643. The maximum atomic E-state index is 9.18. The number of hydrogen-bond acceptors (Lipinski definition) is 5. The molecule has 1 aromatic rings. The van der Waals surface area contributed by atoms with E-state index in [2.05, 4.69) is 14.8 Å². The number of rotatable bonds is 7. The van der Waals surface area contributed by atoms with Gasteiger partial charge in [0.05, 0.1) is 30.5 Å². The van der Waals surface area contributed by atoms with Gasteiger partial charge in [0, 0.05) is 45.5 Å². The lowest BCUT2D eigenvalue weighted by Gasteiger charge is -2.29. The lowest BCUT2D eigenvalue weighted by atomic mass is 10.3. The van der Waals surface area contributed by atoms with Crippen LogP contribution in [0.3, 0.4) is 0 Å². The molecular formula is C14H22ClN3O2. The third kappa shape index (κ3) is 5.34. The monoisotopic (exact) mass is 299 g/mol. The average molecular weight is 300 g/mol. The maximum Gasteiger partial charge on any atom is 0.0594 e. The van der Waals surface area contributed by atoms with E-state index >= 15 is 0 Å². The Bertz CT molecular complexity index is 383. The van der Waals surface area contributed by atoms with Crippen LogP contribution in [0.2, 0.25) is 5.02 Å². The second-order valence-electron chi connectivity index (χ2n) is 4.92. The highest BCUT2D eigenvalue weighted by molar-refractivity contribution is 6.30. The van der Waals surface area contributed by atoms with Crippen LogP contribution in [-0.2, 0) is 11.3 Å². The second-order valence-corrected chi connectivity index (χ2v) is 5.36. The quantitative estimate of drug-likeness (QED) is 0.809. The molecule has 0 amide bonds. The van der Waals surface area contributed by atoms with Crippen molar-refractivity contribution in [2.45, 2.75) is 6.54 Å². The zero-order valence-electron chi connectivity index (χ0n) is 11.7. The molecule has 1 aliphatic heterocycles. The van der Waals surface area contributed by atoms with Gasteiger partial charge in [0.1, 0.15) is 0 Å². The van der Waals surface area contributed by atoms with Gasteiger partial charge in [0.15, 0.2) is 0 Å². The summed E-state index contributed by atoms with van der Waals surface area (Å²) < 4.78 is 5.34. The van der Waals surface area contributed by atoms with E-state index in [0.717, 1.165) is 51.6 Å². The summed E-state index contributed by atoms with van der Waals surface area (Å²) >= 11 is 5.84. The Morgan fingerprint density at radius 2 is 2.10 bits per heavy atom. The molecule has 1 fully saturated rings. The lowest BCUT2D eigenvalue weighted by molar-refractivity contribution is 0.0319. The summed E-state index contributed by atoms with van der Waals surface area (Å²) in [5.41, 5.74) is 0.977. The first-order chi connectivity index (χ1) is 9.78. The largest absolute Gasteiger partial charge is 0.395 e. The predicted octanol–water partition coefficient (Wildman–Crippen LogP) is 0.862. The van der Waals surface area contributed by atoms with Crippen LogP contribution in [0.25, 0.3) is 0 Å². The number of hydrogen-bond donors (Lipinski definition) is 1. The molecule has 0 saturated carbocycles. The number of nitrogens with zero attached hydrogens (tertiary/aromatic N) is 3. The topological polar surface area (TPSA) is 48.8 Å². The highest BCUT2D eigenvalue weighted by atomic mass is 35.5. The summed E-state index contributed by atoms with van der Waals surface area (Å²) in [6.07, 6.45) is 1.66. The smallest absolute Gasteiger partial charge is 0.0594 e. The van der Waals surface area contributed by atoms with E-state index in [1.807, 2.05) is 12.1 Å². The number of halogens is 1. The molecule has 112 valence electrons. The number of aliphatic hydroxyl groups is 1. The highest BCUT2D eigenvalue weighted by Gasteiger charge is 2.12. The van der Waals surface area contributed by atoms with Crippen LogP contribution in [0.15, 0.2) is 18.3 Å². The summed E-state index contributed by atoms with van der Waals surface area (Å²) in [5.74, 6) is 0. The van der Waals surface area contributed by atoms with Gasteiger partial charge in [-0.3, -0.25) is 14.8 Å². The van der Waals surface area contributed by atoms with E-state index in [1.54, 1.807) is 6.20 Å². The van der Waals surface area contributed by atoms with Crippen LogP contribution in [-0.4, -0.2) is 72.4 Å². The maximum absolute atomic E-state index is 9.18. The van der Waals surface area contributed by atoms with Gasteiger partial charge in [-0.2, -0.15) is 0 Å². The third-order valence-electron chi connectivity index (χ3n) is 3.43. The van der Waals surface area contributed by atoms with Gasteiger partial charge in [0.2, 0.25) is 0 Å². The fourth-order valence-electron chi connectivity index (χ4n) is 2.25. The summed E-state index contributed by atoms with van der Waals surface area (Å²) in [5, 5.41) is 9.83. The van der Waals surface area contributed by atoms with Crippen molar-refractivity contribution in [3.8, 4) is 0 Å². The van der Waals surface area contributed by atoms with Gasteiger partial charge in [0.25, 0.3) is 0 Å². The van der Waals surface area contributed by atoms with Crippen LogP contribution in [0.4, 0.5) is 0 Å². The van der Waals surface area contributed by atoms with E-state index < -0.39 is 0 Å². The molecular weight excluding hydrogens is 278 g/mol. The Hall–Kier alpha value is -0.720. The van der Waals surface area contributed by atoms with E-state index in [-0.39, 0.29) is 6.61 Å². The van der Waals surface area contributed by atoms with Crippen molar-refractivity contribution in [2.24, 2.45) is 0 Å². The SMILES string of the molecule is OCCN(CCN1CCOCC1)Cc1ccc(Cl)cn1. The van der Waals surface area contributed by atoms with Crippen molar-refractivity contribution in [1.29, 1.82) is 0 Å². The van der Waals surface area contributed by atoms with E-state index in [4.69, 9.17) is 16.3 Å². The molecule has 2 rings (SSSR count). The molecule has 20 heavy (non-hydrogen) atoms. The van der Waals surface area contributed by atoms with Gasteiger partial charge in [-0.05, 0) is 12.1 Å². The number of aliphatic hydroxyl groups excluding tert-OH is 1. The Labute approximate surface area is 125 Å². The fourth-order valence-corrected chi connectivity index (χ4v) is 2.36. The first-order valence-electron chi connectivity index (χ1n) is 7.01. The molecule has 0 spiro atoms. The minimum atomic E-state index is 0.163. The predicted molar refractivity (Wildman–Crippen MR) is 78.9 cm³/mol. The zero-order chi connectivity index (χ0) is 14.2. The molecule has 1 aliphatic rings. The molecule has 6 heteroatoms. The minimum absolute atomic E-state index is 0.163.